The average Bonchev–Trinajstić information content (AvgIpc) is 2.01. The fraction of sp³-hybridized carbons (Fsp3) is 1.00. The molecule has 84 valence electrons. The van der Waals surface area contributed by atoms with Crippen LogP contribution in [0.4, 0.5) is 0 Å². The van der Waals surface area contributed by atoms with Crippen molar-refractivity contribution in [2.75, 3.05) is 6.54 Å². The van der Waals surface area contributed by atoms with Crippen molar-refractivity contribution in [1.82, 2.24) is 4.90 Å². The Kier molecular flexibility index (Phi) is 3.56. The molecular weight excluding hydrogens is 178 g/mol. The summed E-state index contributed by atoms with van der Waals surface area (Å²) < 4.78 is 0. The number of hydrogen-bond donors (Lipinski definition) is 2. The van der Waals surface area contributed by atoms with Crippen LogP contribution in [0.25, 0.3) is 0 Å². The predicted octanol–water partition coefficient (Wildman–Crippen LogP) is 1.20. The Hall–Kier alpha value is -0.120. The van der Waals surface area contributed by atoms with Crippen molar-refractivity contribution in [2.45, 2.75) is 58.4 Å². The fourth-order valence-corrected chi connectivity index (χ4v) is 2.24. The van der Waals surface area contributed by atoms with Crippen LogP contribution < -0.4 is 0 Å². The first-order chi connectivity index (χ1) is 6.34. The van der Waals surface area contributed by atoms with Crippen LogP contribution >= 0.6 is 0 Å². The normalized spacial score (nSPS) is 30.6. The minimum Gasteiger partial charge on any atom is -0.393 e. The summed E-state index contributed by atoms with van der Waals surface area (Å²) in [5.74, 6) is 0.240. The zero-order valence-electron chi connectivity index (χ0n) is 9.70. The fourth-order valence-electron chi connectivity index (χ4n) is 2.24. The summed E-state index contributed by atoms with van der Waals surface area (Å²) in [6.07, 6.45) is 0.919. The largest absolute Gasteiger partial charge is 0.393 e. The van der Waals surface area contributed by atoms with E-state index in [1.54, 1.807) is 0 Å². The van der Waals surface area contributed by atoms with Crippen molar-refractivity contribution in [3.8, 4) is 0 Å². The molecule has 0 saturated carbocycles. The molecular formula is C11H23NO2. The Morgan fingerprint density at radius 1 is 1.36 bits per heavy atom. The van der Waals surface area contributed by atoms with Gasteiger partial charge >= 0.3 is 0 Å². The van der Waals surface area contributed by atoms with Crippen LogP contribution in [0.5, 0.6) is 0 Å². The zero-order valence-corrected chi connectivity index (χ0v) is 9.70. The second kappa shape index (κ2) is 4.17. The van der Waals surface area contributed by atoms with Crippen LogP contribution in [0.15, 0.2) is 0 Å². The molecule has 0 aromatic heterocycles. The highest BCUT2D eigenvalue weighted by Gasteiger charge is 2.38. The molecule has 0 bridgehead atoms. The molecule has 1 aliphatic rings. The Labute approximate surface area is 86.7 Å². The lowest BCUT2D eigenvalue weighted by molar-refractivity contribution is -0.118. The van der Waals surface area contributed by atoms with Crippen molar-refractivity contribution in [3.05, 3.63) is 0 Å². The zero-order chi connectivity index (χ0) is 10.9. The molecule has 0 amide bonds. The molecule has 2 unspecified atom stereocenters. The van der Waals surface area contributed by atoms with Crippen molar-refractivity contribution in [3.63, 3.8) is 0 Å². The molecule has 0 aromatic carbocycles. The van der Waals surface area contributed by atoms with Crippen LogP contribution in [-0.4, -0.2) is 39.5 Å². The van der Waals surface area contributed by atoms with E-state index in [0.717, 1.165) is 19.4 Å². The van der Waals surface area contributed by atoms with E-state index in [-0.39, 0.29) is 17.6 Å². The van der Waals surface area contributed by atoms with Crippen LogP contribution in [0.2, 0.25) is 0 Å². The summed E-state index contributed by atoms with van der Waals surface area (Å²) in [7, 11) is 0. The predicted molar refractivity (Wildman–Crippen MR) is 56.9 cm³/mol. The Balaban J connectivity index is 2.69. The van der Waals surface area contributed by atoms with Gasteiger partial charge in [-0.15, -0.1) is 0 Å². The molecule has 0 spiro atoms. The van der Waals surface area contributed by atoms with E-state index in [2.05, 4.69) is 18.7 Å². The maximum Gasteiger partial charge on any atom is 0.110 e. The van der Waals surface area contributed by atoms with Gasteiger partial charge < -0.3 is 10.2 Å². The van der Waals surface area contributed by atoms with Gasteiger partial charge in [0, 0.05) is 12.1 Å². The molecule has 0 radical (unpaired) electrons. The summed E-state index contributed by atoms with van der Waals surface area (Å²) >= 11 is 0. The number of rotatable bonds is 2. The molecule has 14 heavy (non-hydrogen) atoms. The molecule has 1 aliphatic heterocycles. The number of aliphatic hydroxyl groups is 2. The van der Waals surface area contributed by atoms with Gasteiger partial charge in [-0.1, -0.05) is 13.8 Å². The van der Waals surface area contributed by atoms with Gasteiger partial charge in [-0.25, -0.2) is 0 Å². The number of piperidine rings is 1. The minimum atomic E-state index is -0.391. The Morgan fingerprint density at radius 3 is 2.36 bits per heavy atom. The smallest absolute Gasteiger partial charge is 0.110 e. The van der Waals surface area contributed by atoms with Crippen LogP contribution in [0.3, 0.4) is 0 Å². The van der Waals surface area contributed by atoms with E-state index in [9.17, 15) is 10.2 Å². The minimum absolute atomic E-state index is 0.0959. The summed E-state index contributed by atoms with van der Waals surface area (Å²) in [5, 5.41) is 19.6. The first kappa shape index (κ1) is 12.0. The Bertz CT molecular complexity index is 192. The van der Waals surface area contributed by atoms with E-state index in [1.165, 1.54) is 0 Å². The second-order valence-corrected chi connectivity index (χ2v) is 5.31. The van der Waals surface area contributed by atoms with Gasteiger partial charge in [0.15, 0.2) is 0 Å². The number of aliphatic hydroxyl groups excluding tert-OH is 2. The molecule has 1 saturated heterocycles. The summed E-state index contributed by atoms with van der Waals surface area (Å²) in [6, 6.07) is 0. The SMILES string of the molecule is CC(C)C(O)N1CCC(O)CC1(C)C. The quantitative estimate of drug-likeness (QED) is 0.705. The van der Waals surface area contributed by atoms with Crippen molar-refractivity contribution in [1.29, 1.82) is 0 Å². The number of hydrogen-bond acceptors (Lipinski definition) is 3. The summed E-state index contributed by atoms with van der Waals surface area (Å²) in [4.78, 5) is 2.10. The third-order valence-corrected chi connectivity index (χ3v) is 3.13. The van der Waals surface area contributed by atoms with E-state index in [0.29, 0.717) is 0 Å². The molecule has 0 aromatic rings. The highest BCUT2D eigenvalue weighted by molar-refractivity contribution is 4.90. The van der Waals surface area contributed by atoms with Crippen molar-refractivity contribution in [2.24, 2.45) is 5.92 Å². The molecule has 3 nitrogen and oxygen atoms in total. The van der Waals surface area contributed by atoms with Gasteiger partial charge in [0.2, 0.25) is 0 Å². The van der Waals surface area contributed by atoms with E-state index in [1.807, 2.05) is 13.8 Å². The lowest BCUT2D eigenvalue weighted by atomic mass is 9.87. The van der Waals surface area contributed by atoms with Gasteiger partial charge in [0.25, 0.3) is 0 Å². The highest BCUT2D eigenvalue weighted by atomic mass is 16.3. The third kappa shape index (κ3) is 2.47. The molecule has 2 N–H and O–H groups in total. The van der Waals surface area contributed by atoms with E-state index < -0.39 is 6.23 Å². The van der Waals surface area contributed by atoms with Crippen LogP contribution in [-0.2, 0) is 0 Å². The van der Waals surface area contributed by atoms with Gasteiger partial charge in [-0.2, -0.15) is 0 Å². The van der Waals surface area contributed by atoms with Gasteiger partial charge in [0.05, 0.1) is 6.10 Å². The molecule has 3 heteroatoms. The first-order valence-corrected chi connectivity index (χ1v) is 5.47. The third-order valence-electron chi connectivity index (χ3n) is 3.13. The van der Waals surface area contributed by atoms with Crippen LogP contribution in [0.1, 0.15) is 40.5 Å². The lowest BCUT2D eigenvalue weighted by Gasteiger charge is -2.47. The first-order valence-electron chi connectivity index (χ1n) is 5.47. The second-order valence-electron chi connectivity index (χ2n) is 5.31. The summed E-state index contributed by atoms with van der Waals surface area (Å²) in [5.41, 5.74) is -0.0959. The van der Waals surface area contributed by atoms with Crippen molar-refractivity contribution >= 4 is 0 Å². The molecule has 1 heterocycles. The average molecular weight is 201 g/mol. The summed E-state index contributed by atoms with van der Waals surface area (Å²) in [6.45, 7) is 8.99. The molecule has 2 atom stereocenters. The number of likely N-dealkylation sites (tertiary alicyclic amines) is 1. The van der Waals surface area contributed by atoms with E-state index in [4.69, 9.17) is 0 Å². The Morgan fingerprint density at radius 2 is 1.93 bits per heavy atom. The standard InChI is InChI=1S/C11H23NO2/c1-8(2)10(14)12-6-5-9(13)7-11(12,3)4/h8-10,13-14H,5-7H2,1-4H3. The van der Waals surface area contributed by atoms with Gasteiger partial charge in [-0.3, -0.25) is 4.90 Å². The molecule has 0 aliphatic carbocycles. The maximum absolute atomic E-state index is 10.0. The van der Waals surface area contributed by atoms with Gasteiger partial charge in [0.1, 0.15) is 6.23 Å². The molecule has 1 fully saturated rings. The molecule has 1 rings (SSSR count). The maximum atomic E-state index is 10.0. The van der Waals surface area contributed by atoms with Crippen molar-refractivity contribution < 1.29 is 10.2 Å². The highest BCUT2D eigenvalue weighted by Crippen LogP contribution is 2.30. The van der Waals surface area contributed by atoms with E-state index >= 15 is 0 Å². The monoisotopic (exact) mass is 201 g/mol. The lowest BCUT2D eigenvalue weighted by Crippen LogP contribution is -2.57. The topological polar surface area (TPSA) is 43.7 Å². The van der Waals surface area contributed by atoms with Gasteiger partial charge in [-0.05, 0) is 32.6 Å². The van der Waals surface area contributed by atoms with Crippen LogP contribution in [0, 0.1) is 5.92 Å². The number of nitrogens with zero attached hydrogens (tertiary/aromatic N) is 1.